The van der Waals surface area contributed by atoms with E-state index in [9.17, 15) is 13.2 Å². The third-order valence-electron chi connectivity index (χ3n) is 4.92. The molecule has 0 aliphatic carbocycles. The zero-order valence-electron chi connectivity index (χ0n) is 15.0. The van der Waals surface area contributed by atoms with Gasteiger partial charge in [0.05, 0.1) is 23.9 Å². The lowest BCUT2D eigenvalue weighted by Gasteiger charge is -2.35. The summed E-state index contributed by atoms with van der Waals surface area (Å²) in [6.07, 6.45) is 4.32. The third-order valence-corrected chi connectivity index (χ3v) is 6.27. The van der Waals surface area contributed by atoms with Gasteiger partial charge in [-0.25, -0.2) is 13.1 Å². The lowest BCUT2D eigenvalue weighted by molar-refractivity contribution is -0.136. The third kappa shape index (κ3) is 6.49. The van der Waals surface area contributed by atoms with Crippen LogP contribution in [0.1, 0.15) is 32.1 Å². The van der Waals surface area contributed by atoms with Crippen LogP contribution in [-0.2, 0) is 24.3 Å². The van der Waals surface area contributed by atoms with Crippen molar-refractivity contribution in [2.45, 2.75) is 38.2 Å². The van der Waals surface area contributed by atoms with E-state index in [0.29, 0.717) is 32.6 Å². The number of piperidine rings is 1. The molecule has 2 aliphatic heterocycles. The molecular formula is C16H31N3O5S. The van der Waals surface area contributed by atoms with Crippen LogP contribution < -0.4 is 15.4 Å². The number of carbonyl (C=O) groups is 1. The van der Waals surface area contributed by atoms with Gasteiger partial charge in [0.1, 0.15) is 0 Å². The summed E-state index contributed by atoms with van der Waals surface area (Å²) in [4.78, 5) is 12.5. The summed E-state index contributed by atoms with van der Waals surface area (Å²) >= 11 is 0. The number of carbonyl (C=O) groups excluding carboxylic acids is 1. The van der Waals surface area contributed by atoms with Crippen LogP contribution >= 0.6 is 0 Å². The van der Waals surface area contributed by atoms with Crippen LogP contribution in [0, 0.1) is 5.41 Å². The van der Waals surface area contributed by atoms with Crippen molar-refractivity contribution < 1.29 is 22.7 Å². The number of methoxy groups -OCH3 is 1. The maximum Gasteiger partial charge on any atom is 0.228 e. The topological polar surface area (TPSA) is 106 Å². The molecule has 146 valence electrons. The second-order valence-electron chi connectivity index (χ2n) is 6.88. The Morgan fingerprint density at radius 3 is 2.72 bits per heavy atom. The van der Waals surface area contributed by atoms with Crippen LogP contribution in [0.2, 0.25) is 0 Å². The molecule has 2 saturated heterocycles. The van der Waals surface area contributed by atoms with E-state index in [2.05, 4.69) is 15.4 Å². The molecule has 3 N–H and O–H groups in total. The van der Waals surface area contributed by atoms with Crippen molar-refractivity contribution in [3.63, 3.8) is 0 Å². The number of rotatable bonds is 9. The van der Waals surface area contributed by atoms with E-state index in [1.165, 1.54) is 0 Å². The van der Waals surface area contributed by atoms with Crippen LogP contribution in [0.5, 0.6) is 0 Å². The largest absolute Gasteiger partial charge is 0.384 e. The highest BCUT2D eigenvalue weighted by Gasteiger charge is 2.39. The normalized spacial score (nSPS) is 24.0. The number of nitrogens with one attached hydrogen (secondary N) is 3. The Bertz CT molecular complexity index is 508. The number of sulfonamides is 1. The Morgan fingerprint density at radius 2 is 2.08 bits per heavy atom. The van der Waals surface area contributed by atoms with Crippen molar-refractivity contribution in [1.82, 2.24) is 15.4 Å². The highest BCUT2D eigenvalue weighted by molar-refractivity contribution is 7.89. The molecule has 2 aliphatic rings. The van der Waals surface area contributed by atoms with Gasteiger partial charge in [0.2, 0.25) is 15.9 Å². The molecule has 0 aromatic heterocycles. The molecule has 2 fully saturated rings. The van der Waals surface area contributed by atoms with E-state index in [-0.39, 0.29) is 24.3 Å². The summed E-state index contributed by atoms with van der Waals surface area (Å²) in [6.45, 7) is 2.97. The predicted molar refractivity (Wildman–Crippen MR) is 94.8 cm³/mol. The molecule has 0 saturated carbocycles. The second-order valence-corrected chi connectivity index (χ2v) is 8.80. The molecule has 0 radical (unpaired) electrons. The monoisotopic (exact) mass is 377 g/mol. The highest BCUT2D eigenvalue weighted by Crippen LogP contribution is 2.29. The lowest BCUT2D eigenvalue weighted by Crippen LogP contribution is -2.51. The first-order valence-electron chi connectivity index (χ1n) is 9.04. The summed E-state index contributed by atoms with van der Waals surface area (Å²) in [5.41, 5.74) is -0.562. The van der Waals surface area contributed by atoms with E-state index in [1.807, 2.05) is 0 Å². The van der Waals surface area contributed by atoms with Gasteiger partial charge in [-0.15, -0.1) is 0 Å². The maximum atomic E-state index is 12.5. The molecule has 0 aromatic carbocycles. The molecule has 1 atom stereocenters. The van der Waals surface area contributed by atoms with Crippen LogP contribution in [0.4, 0.5) is 0 Å². The molecule has 1 amide bonds. The molecule has 0 bridgehead atoms. The van der Waals surface area contributed by atoms with Gasteiger partial charge < -0.3 is 20.1 Å². The summed E-state index contributed by atoms with van der Waals surface area (Å²) in [5.74, 6) is -0.256. The van der Waals surface area contributed by atoms with Gasteiger partial charge in [-0.3, -0.25) is 4.79 Å². The van der Waals surface area contributed by atoms with Gasteiger partial charge in [-0.05, 0) is 45.2 Å². The van der Waals surface area contributed by atoms with E-state index in [0.717, 1.165) is 32.4 Å². The first-order chi connectivity index (χ1) is 12.0. The summed E-state index contributed by atoms with van der Waals surface area (Å²) < 4.78 is 37.5. The number of hydrogen-bond acceptors (Lipinski definition) is 6. The van der Waals surface area contributed by atoms with E-state index >= 15 is 0 Å². The fourth-order valence-corrected chi connectivity index (χ4v) is 4.32. The first-order valence-corrected chi connectivity index (χ1v) is 10.7. The van der Waals surface area contributed by atoms with Crippen molar-refractivity contribution >= 4 is 15.9 Å². The summed E-state index contributed by atoms with van der Waals surface area (Å²) in [7, 11) is -1.85. The first kappa shape index (κ1) is 20.6. The van der Waals surface area contributed by atoms with Crippen molar-refractivity contribution in [2.24, 2.45) is 5.41 Å². The Morgan fingerprint density at radius 1 is 1.32 bits per heavy atom. The second kappa shape index (κ2) is 9.82. The molecule has 25 heavy (non-hydrogen) atoms. The predicted octanol–water partition coefficient (Wildman–Crippen LogP) is -0.393. The van der Waals surface area contributed by atoms with E-state index in [1.54, 1.807) is 7.11 Å². The van der Waals surface area contributed by atoms with Crippen LogP contribution in [0.3, 0.4) is 0 Å². The minimum Gasteiger partial charge on any atom is -0.384 e. The van der Waals surface area contributed by atoms with Gasteiger partial charge >= 0.3 is 0 Å². The molecule has 0 spiro atoms. The minimum atomic E-state index is -3.43. The average Bonchev–Trinajstić information content (AvgIpc) is 2.62. The Balaban J connectivity index is 1.74. The molecular weight excluding hydrogens is 346 g/mol. The Hall–Kier alpha value is -0.740. The molecule has 0 aromatic rings. The SMILES string of the molecule is COCC1(C(=O)NCCS(=O)(=O)NCC2CCCCO2)CCNCC1. The zero-order valence-corrected chi connectivity index (χ0v) is 15.8. The van der Waals surface area contributed by atoms with E-state index < -0.39 is 15.4 Å². The Labute approximate surface area is 150 Å². The van der Waals surface area contributed by atoms with Gasteiger partial charge in [-0.2, -0.15) is 0 Å². The number of amides is 1. The minimum absolute atomic E-state index is 0.0437. The Kier molecular flexibility index (Phi) is 8.08. The summed E-state index contributed by atoms with van der Waals surface area (Å²) in [5, 5.41) is 6.00. The number of ether oxygens (including phenoxy) is 2. The maximum absolute atomic E-state index is 12.5. The van der Waals surface area contributed by atoms with Gasteiger partial charge in [0, 0.05) is 26.8 Å². The fraction of sp³-hybridized carbons (Fsp3) is 0.938. The molecule has 8 nitrogen and oxygen atoms in total. The van der Waals surface area contributed by atoms with Crippen molar-refractivity contribution in [2.75, 3.05) is 52.3 Å². The molecule has 1 unspecified atom stereocenters. The van der Waals surface area contributed by atoms with Crippen LogP contribution in [0.15, 0.2) is 0 Å². The molecule has 9 heteroatoms. The van der Waals surface area contributed by atoms with Crippen molar-refractivity contribution in [1.29, 1.82) is 0 Å². The van der Waals surface area contributed by atoms with Crippen molar-refractivity contribution in [3.8, 4) is 0 Å². The molecule has 2 heterocycles. The van der Waals surface area contributed by atoms with Gasteiger partial charge in [0.15, 0.2) is 0 Å². The van der Waals surface area contributed by atoms with E-state index in [4.69, 9.17) is 9.47 Å². The van der Waals surface area contributed by atoms with Crippen molar-refractivity contribution in [3.05, 3.63) is 0 Å². The number of hydrogen-bond donors (Lipinski definition) is 3. The smallest absolute Gasteiger partial charge is 0.228 e. The molecule has 2 rings (SSSR count). The van der Waals surface area contributed by atoms with Crippen LogP contribution in [-0.4, -0.2) is 72.7 Å². The average molecular weight is 378 g/mol. The summed E-state index contributed by atoms with van der Waals surface area (Å²) in [6, 6.07) is 0. The quantitative estimate of drug-likeness (QED) is 0.505. The van der Waals surface area contributed by atoms with Gasteiger partial charge in [-0.1, -0.05) is 0 Å². The lowest BCUT2D eigenvalue weighted by atomic mass is 9.78. The highest BCUT2D eigenvalue weighted by atomic mass is 32.2. The van der Waals surface area contributed by atoms with Gasteiger partial charge in [0.25, 0.3) is 0 Å². The zero-order chi connectivity index (χ0) is 18.2. The fourth-order valence-electron chi connectivity index (χ4n) is 3.37. The van der Waals surface area contributed by atoms with Crippen LogP contribution in [0.25, 0.3) is 0 Å². The standard InChI is InChI=1S/C16H31N3O5S/c1-23-13-16(5-7-17-8-6-16)15(20)18-9-11-25(21,22)19-12-14-4-2-3-10-24-14/h14,17,19H,2-13H2,1H3,(H,18,20).